The van der Waals surface area contributed by atoms with Crippen LogP contribution in [-0.4, -0.2) is 22.4 Å². The molecule has 0 saturated heterocycles. The molecule has 0 radical (unpaired) electrons. The number of aliphatic hydroxyl groups excluding tert-OH is 1. The minimum absolute atomic E-state index is 0.0722. The molecule has 0 aromatic heterocycles. The van der Waals surface area contributed by atoms with Crippen LogP contribution in [0.5, 0.6) is 0 Å². The van der Waals surface area contributed by atoms with Gasteiger partial charge in [-0.25, -0.2) is 0 Å². The lowest BCUT2D eigenvalue weighted by molar-refractivity contribution is -0.157. The van der Waals surface area contributed by atoms with Crippen LogP contribution in [0.3, 0.4) is 0 Å². The van der Waals surface area contributed by atoms with E-state index in [1.165, 1.54) is 6.42 Å². The summed E-state index contributed by atoms with van der Waals surface area (Å²) in [7, 11) is 0. The van der Waals surface area contributed by atoms with Crippen molar-refractivity contribution in [1.29, 1.82) is 0 Å². The predicted molar refractivity (Wildman–Crippen MR) is 67.2 cm³/mol. The third-order valence-electron chi connectivity index (χ3n) is 4.61. The van der Waals surface area contributed by atoms with Crippen LogP contribution in [0.2, 0.25) is 0 Å². The molecular formula is C14H28O2. The van der Waals surface area contributed by atoms with Crippen LogP contribution >= 0.6 is 0 Å². The van der Waals surface area contributed by atoms with Gasteiger partial charge in [-0.05, 0) is 37.0 Å². The first kappa shape index (κ1) is 14.0. The smallest absolute Gasteiger partial charge is 0.0730 e. The van der Waals surface area contributed by atoms with Gasteiger partial charge in [0.05, 0.1) is 12.2 Å². The molecule has 0 amide bonds. The molecule has 1 fully saturated rings. The minimum atomic E-state index is -0.711. The Kier molecular flexibility index (Phi) is 3.76. The van der Waals surface area contributed by atoms with Crippen LogP contribution in [0, 0.1) is 16.7 Å². The Hall–Kier alpha value is -0.0800. The maximum Gasteiger partial charge on any atom is 0.0730 e. The van der Waals surface area contributed by atoms with E-state index < -0.39 is 5.60 Å². The monoisotopic (exact) mass is 228 g/mol. The second-order valence-electron chi connectivity index (χ2n) is 6.96. The first-order valence-corrected chi connectivity index (χ1v) is 6.51. The van der Waals surface area contributed by atoms with E-state index in [2.05, 4.69) is 27.7 Å². The van der Waals surface area contributed by atoms with E-state index in [0.717, 1.165) is 19.3 Å². The molecule has 1 aliphatic carbocycles. The molecule has 1 saturated carbocycles. The van der Waals surface area contributed by atoms with Crippen LogP contribution in [0.4, 0.5) is 0 Å². The van der Waals surface area contributed by atoms with E-state index in [0.29, 0.717) is 5.92 Å². The van der Waals surface area contributed by atoms with Gasteiger partial charge in [0.1, 0.15) is 0 Å². The van der Waals surface area contributed by atoms with Gasteiger partial charge >= 0.3 is 0 Å². The lowest BCUT2D eigenvalue weighted by atomic mass is 9.56. The lowest BCUT2D eigenvalue weighted by Gasteiger charge is -2.52. The third kappa shape index (κ3) is 2.43. The van der Waals surface area contributed by atoms with E-state index >= 15 is 0 Å². The molecule has 0 bridgehead atoms. The Bertz CT molecular complexity index is 243. The van der Waals surface area contributed by atoms with Crippen molar-refractivity contribution in [3.8, 4) is 0 Å². The van der Waals surface area contributed by atoms with Crippen molar-refractivity contribution in [1.82, 2.24) is 0 Å². The van der Waals surface area contributed by atoms with Crippen molar-refractivity contribution in [2.45, 2.75) is 65.9 Å². The van der Waals surface area contributed by atoms with Gasteiger partial charge in [0, 0.05) is 5.41 Å². The number of aliphatic hydroxyl groups is 2. The van der Waals surface area contributed by atoms with Crippen molar-refractivity contribution in [2.24, 2.45) is 16.7 Å². The molecule has 0 spiro atoms. The highest BCUT2D eigenvalue weighted by Crippen LogP contribution is 2.52. The number of hydrogen-bond donors (Lipinski definition) is 2. The van der Waals surface area contributed by atoms with Gasteiger partial charge in [-0.2, -0.15) is 0 Å². The number of hydrogen-bond acceptors (Lipinski definition) is 2. The summed E-state index contributed by atoms with van der Waals surface area (Å²) in [4.78, 5) is 0. The van der Waals surface area contributed by atoms with Gasteiger partial charge in [0.2, 0.25) is 0 Å². The highest BCUT2D eigenvalue weighted by molar-refractivity contribution is 5.02. The Labute approximate surface area is 100 Å². The second-order valence-corrected chi connectivity index (χ2v) is 6.96. The van der Waals surface area contributed by atoms with Crippen LogP contribution in [0.25, 0.3) is 0 Å². The number of rotatable bonds is 3. The molecule has 3 atom stereocenters. The molecule has 2 N–H and O–H groups in total. The van der Waals surface area contributed by atoms with Gasteiger partial charge in [-0.1, -0.05) is 34.6 Å². The van der Waals surface area contributed by atoms with Crippen molar-refractivity contribution in [3.63, 3.8) is 0 Å². The predicted octanol–water partition coefficient (Wildman–Crippen LogP) is 2.97. The summed E-state index contributed by atoms with van der Waals surface area (Å²) in [5, 5.41) is 20.5. The van der Waals surface area contributed by atoms with Crippen LogP contribution in [0.15, 0.2) is 0 Å². The molecule has 3 unspecified atom stereocenters. The fourth-order valence-electron chi connectivity index (χ4n) is 3.58. The fraction of sp³-hybridized carbons (Fsp3) is 1.00. The standard InChI is InChI=1S/C14H28O2/c1-6-13(5,10-15)14(16)8-11(2)7-12(3,4)9-14/h11,15-16H,6-10H2,1-5H3. The van der Waals surface area contributed by atoms with Crippen molar-refractivity contribution in [3.05, 3.63) is 0 Å². The summed E-state index contributed by atoms with van der Waals surface area (Å²) in [5.41, 5.74) is -0.894. The molecule has 0 aromatic rings. The average molecular weight is 228 g/mol. The van der Waals surface area contributed by atoms with Gasteiger partial charge in [-0.15, -0.1) is 0 Å². The second kappa shape index (κ2) is 4.30. The van der Waals surface area contributed by atoms with E-state index in [4.69, 9.17) is 0 Å². The van der Waals surface area contributed by atoms with E-state index in [9.17, 15) is 10.2 Å². The van der Waals surface area contributed by atoms with Gasteiger partial charge in [0.15, 0.2) is 0 Å². The molecule has 0 aromatic carbocycles. The molecule has 16 heavy (non-hydrogen) atoms. The summed E-state index contributed by atoms with van der Waals surface area (Å²) in [6, 6.07) is 0. The molecule has 1 rings (SSSR count). The molecule has 2 nitrogen and oxygen atoms in total. The van der Waals surface area contributed by atoms with Crippen LogP contribution in [-0.2, 0) is 0 Å². The molecular weight excluding hydrogens is 200 g/mol. The molecule has 0 heterocycles. The van der Waals surface area contributed by atoms with Gasteiger partial charge in [0.25, 0.3) is 0 Å². The topological polar surface area (TPSA) is 40.5 Å². The molecule has 96 valence electrons. The average Bonchev–Trinajstić information content (AvgIpc) is 2.12. The zero-order chi connectivity index (χ0) is 12.6. The minimum Gasteiger partial charge on any atom is -0.396 e. The zero-order valence-electron chi connectivity index (χ0n) is 11.5. The molecule has 2 heteroatoms. The SMILES string of the molecule is CCC(C)(CO)C1(O)CC(C)CC(C)(C)C1. The first-order chi connectivity index (χ1) is 7.18. The summed E-state index contributed by atoms with van der Waals surface area (Å²) in [6.45, 7) is 10.8. The van der Waals surface area contributed by atoms with Gasteiger partial charge < -0.3 is 10.2 Å². The maximum atomic E-state index is 10.9. The Morgan fingerprint density at radius 2 is 1.88 bits per heavy atom. The maximum absolute atomic E-state index is 10.9. The van der Waals surface area contributed by atoms with E-state index in [-0.39, 0.29) is 17.4 Å². The van der Waals surface area contributed by atoms with Crippen LogP contribution in [0.1, 0.15) is 60.3 Å². The quantitative estimate of drug-likeness (QED) is 0.779. The lowest BCUT2D eigenvalue weighted by Crippen LogP contribution is -2.54. The molecule has 0 aliphatic heterocycles. The van der Waals surface area contributed by atoms with Crippen molar-refractivity contribution >= 4 is 0 Å². The summed E-state index contributed by atoms with van der Waals surface area (Å²) in [5.74, 6) is 0.533. The Morgan fingerprint density at radius 1 is 1.31 bits per heavy atom. The fourth-order valence-corrected chi connectivity index (χ4v) is 3.58. The zero-order valence-corrected chi connectivity index (χ0v) is 11.5. The van der Waals surface area contributed by atoms with Crippen molar-refractivity contribution in [2.75, 3.05) is 6.61 Å². The highest BCUT2D eigenvalue weighted by Gasteiger charge is 2.51. The first-order valence-electron chi connectivity index (χ1n) is 6.51. The van der Waals surface area contributed by atoms with Gasteiger partial charge in [-0.3, -0.25) is 0 Å². The molecule has 1 aliphatic rings. The summed E-state index contributed by atoms with van der Waals surface area (Å²) < 4.78 is 0. The largest absolute Gasteiger partial charge is 0.396 e. The Morgan fingerprint density at radius 3 is 2.25 bits per heavy atom. The normalized spacial score (nSPS) is 38.1. The van der Waals surface area contributed by atoms with Crippen molar-refractivity contribution < 1.29 is 10.2 Å². The third-order valence-corrected chi connectivity index (χ3v) is 4.61. The van der Waals surface area contributed by atoms with E-state index in [1.807, 2.05) is 6.92 Å². The summed E-state index contributed by atoms with van der Waals surface area (Å²) in [6.07, 6.45) is 3.61. The van der Waals surface area contributed by atoms with E-state index in [1.54, 1.807) is 0 Å². The highest BCUT2D eigenvalue weighted by atomic mass is 16.3. The summed E-state index contributed by atoms with van der Waals surface area (Å²) >= 11 is 0. The Balaban J connectivity index is 2.99. The van der Waals surface area contributed by atoms with Crippen LogP contribution < -0.4 is 0 Å².